The topological polar surface area (TPSA) is 32.7 Å². The Morgan fingerprint density at radius 3 is 2.50 bits per heavy atom. The molecule has 0 bridgehead atoms. The third kappa shape index (κ3) is 4.19. The smallest absolute Gasteiger partial charge is 0.132 e. The zero-order valence-electron chi connectivity index (χ0n) is 11.8. The molecule has 0 heterocycles. The summed E-state index contributed by atoms with van der Waals surface area (Å²) in [5.74, 6) is 0.837. The maximum Gasteiger partial charge on any atom is 0.132 e. The summed E-state index contributed by atoms with van der Waals surface area (Å²) in [6.45, 7) is 4.89. The van der Waals surface area contributed by atoms with Gasteiger partial charge in [0.1, 0.15) is 5.75 Å². The second-order valence-electron chi connectivity index (χ2n) is 4.82. The summed E-state index contributed by atoms with van der Waals surface area (Å²) in [5, 5.41) is 10.7. The number of hydrogen-bond donors (Lipinski definition) is 1. The van der Waals surface area contributed by atoms with Crippen molar-refractivity contribution >= 4 is 11.8 Å². The van der Waals surface area contributed by atoms with Gasteiger partial charge in [-0.1, -0.05) is 26.0 Å². The Hall–Kier alpha value is -0.710. The van der Waals surface area contributed by atoms with Gasteiger partial charge in [0.15, 0.2) is 0 Å². The number of methoxy groups -OCH3 is 1. The Morgan fingerprint density at radius 2 is 2.00 bits per heavy atom. The fourth-order valence-corrected chi connectivity index (χ4v) is 2.84. The van der Waals surface area contributed by atoms with Crippen LogP contribution >= 0.6 is 11.8 Å². The molecule has 3 nitrogen and oxygen atoms in total. The van der Waals surface area contributed by atoms with Crippen molar-refractivity contribution in [3.63, 3.8) is 0 Å². The molecule has 102 valence electrons. The molecule has 0 aliphatic rings. The Labute approximate surface area is 114 Å². The van der Waals surface area contributed by atoms with E-state index in [4.69, 9.17) is 4.74 Å². The van der Waals surface area contributed by atoms with E-state index in [9.17, 15) is 5.11 Å². The number of thioether (sulfide) groups is 1. The second-order valence-corrected chi connectivity index (χ2v) is 6.41. The van der Waals surface area contributed by atoms with Crippen LogP contribution in [0.3, 0.4) is 0 Å². The van der Waals surface area contributed by atoms with Gasteiger partial charge < -0.3 is 14.7 Å². The number of aliphatic hydroxyl groups excluding tert-OH is 1. The third-order valence-corrected chi connectivity index (χ3v) is 3.62. The van der Waals surface area contributed by atoms with Gasteiger partial charge in [-0.2, -0.15) is 0 Å². The van der Waals surface area contributed by atoms with E-state index in [1.54, 1.807) is 18.9 Å². The van der Waals surface area contributed by atoms with Gasteiger partial charge in [0.25, 0.3) is 0 Å². The van der Waals surface area contributed by atoms with Crippen LogP contribution in [0.25, 0.3) is 0 Å². The van der Waals surface area contributed by atoms with Gasteiger partial charge in [0, 0.05) is 11.8 Å². The van der Waals surface area contributed by atoms with E-state index in [2.05, 4.69) is 13.8 Å². The number of aliphatic hydroxyl groups is 1. The van der Waals surface area contributed by atoms with Crippen molar-refractivity contribution in [2.75, 3.05) is 27.7 Å². The zero-order chi connectivity index (χ0) is 13.7. The molecule has 18 heavy (non-hydrogen) atoms. The maximum absolute atomic E-state index is 10.3. The number of hydrogen-bond acceptors (Lipinski definition) is 4. The first-order valence-corrected chi connectivity index (χ1v) is 7.00. The van der Waals surface area contributed by atoms with E-state index >= 15 is 0 Å². The van der Waals surface area contributed by atoms with Crippen molar-refractivity contribution in [3.8, 4) is 5.75 Å². The minimum absolute atomic E-state index is 0.451. The van der Waals surface area contributed by atoms with Crippen LogP contribution in [0.15, 0.2) is 23.1 Å². The number of rotatable bonds is 6. The molecule has 0 aliphatic carbocycles. The molecular weight excluding hydrogens is 246 g/mol. The zero-order valence-corrected chi connectivity index (χ0v) is 12.6. The van der Waals surface area contributed by atoms with E-state index in [1.807, 2.05) is 37.2 Å². The molecule has 0 aliphatic heterocycles. The molecular formula is C14H23NO2S. The van der Waals surface area contributed by atoms with E-state index in [0.29, 0.717) is 11.8 Å². The molecule has 0 radical (unpaired) electrons. The highest BCUT2D eigenvalue weighted by atomic mass is 32.2. The molecule has 0 saturated heterocycles. The molecule has 1 N–H and O–H groups in total. The lowest BCUT2D eigenvalue weighted by atomic mass is 10.1. The van der Waals surface area contributed by atoms with Gasteiger partial charge in [-0.05, 0) is 25.7 Å². The quantitative estimate of drug-likeness (QED) is 0.805. The van der Waals surface area contributed by atoms with Crippen LogP contribution in [0.1, 0.15) is 25.5 Å². The fraction of sp³-hybridized carbons (Fsp3) is 0.571. The minimum atomic E-state index is -0.489. The first-order chi connectivity index (χ1) is 8.45. The van der Waals surface area contributed by atoms with Crippen LogP contribution in [0.5, 0.6) is 5.75 Å². The van der Waals surface area contributed by atoms with Crippen molar-refractivity contribution in [3.05, 3.63) is 23.8 Å². The summed E-state index contributed by atoms with van der Waals surface area (Å²) in [5.41, 5.74) is 0.946. The molecule has 0 aromatic heterocycles. The van der Waals surface area contributed by atoms with Crippen LogP contribution in [-0.2, 0) is 0 Å². The largest absolute Gasteiger partial charge is 0.496 e. The molecule has 0 amide bonds. The average Bonchev–Trinajstić information content (AvgIpc) is 2.27. The van der Waals surface area contributed by atoms with E-state index in [-0.39, 0.29) is 0 Å². The number of benzene rings is 1. The third-order valence-electron chi connectivity index (χ3n) is 2.48. The molecule has 0 saturated carbocycles. The van der Waals surface area contributed by atoms with Crippen molar-refractivity contribution in [1.82, 2.24) is 4.90 Å². The minimum Gasteiger partial charge on any atom is -0.496 e. The van der Waals surface area contributed by atoms with Crippen molar-refractivity contribution < 1.29 is 9.84 Å². The van der Waals surface area contributed by atoms with E-state index < -0.39 is 6.10 Å². The van der Waals surface area contributed by atoms with Gasteiger partial charge in [0.2, 0.25) is 0 Å². The fourth-order valence-electron chi connectivity index (χ4n) is 1.76. The maximum atomic E-state index is 10.3. The highest BCUT2D eigenvalue weighted by Gasteiger charge is 2.18. The standard InChI is InChI=1S/C14H23NO2S/c1-10(2)18-14-11(12(16)9-15(3)4)7-6-8-13(14)17-5/h6-8,10,12,16H,9H2,1-5H3. The monoisotopic (exact) mass is 269 g/mol. The predicted octanol–water partition coefficient (Wildman–Crippen LogP) is 2.79. The lowest BCUT2D eigenvalue weighted by Gasteiger charge is -2.21. The summed E-state index contributed by atoms with van der Waals surface area (Å²) in [7, 11) is 5.58. The van der Waals surface area contributed by atoms with Crippen molar-refractivity contribution in [2.45, 2.75) is 30.1 Å². The molecule has 1 aromatic carbocycles. The molecule has 0 spiro atoms. The summed E-state index contributed by atoms with van der Waals surface area (Å²) >= 11 is 1.73. The van der Waals surface area contributed by atoms with Gasteiger partial charge in [0.05, 0.1) is 18.1 Å². The molecule has 0 fully saturated rings. The van der Waals surface area contributed by atoms with Gasteiger partial charge in [-0.3, -0.25) is 0 Å². The lowest BCUT2D eigenvalue weighted by Crippen LogP contribution is -2.20. The van der Waals surface area contributed by atoms with Gasteiger partial charge in [-0.25, -0.2) is 0 Å². The molecule has 1 unspecified atom stereocenters. The van der Waals surface area contributed by atoms with Crippen molar-refractivity contribution in [1.29, 1.82) is 0 Å². The Balaban J connectivity index is 3.08. The first-order valence-electron chi connectivity index (χ1n) is 6.12. The van der Waals surface area contributed by atoms with Crippen LogP contribution in [-0.4, -0.2) is 43.0 Å². The molecule has 4 heteroatoms. The summed E-state index contributed by atoms with van der Waals surface area (Å²) in [6.07, 6.45) is -0.489. The number of nitrogens with zero attached hydrogens (tertiary/aromatic N) is 1. The van der Waals surface area contributed by atoms with E-state index in [0.717, 1.165) is 16.2 Å². The summed E-state index contributed by atoms with van der Waals surface area (Å²) in [6, 6.07) is 5.84. The summed E-state index contributed by atoms with van der Waals surface area (Å²) in [4.78, 5) is 3.03. The predicted molar refractivity (Wildman–Crippen MR) is 77.5 cm³/mol. The van der Waals surface area contributed by atoms with Gasteiger partial charge in [-0.15, -0.1) is 11.8 Å². The highest BCUT2D eigenvalue weighted by Crippen LogP contribution is 2.38. The lowest BCUT2D eigenvalue weighted by molar-refractivity contribution is 0.135. The SMILES string of the molecule is COc1cccc(C(O)CN(C)C)c1SC(C)C. The summed E-state index contributed by atoms with van der Waals surface area (Å²) < 4.78 is 5.40. The second kappa shape index (κ2) is 7.02. The van der Waals surface area contributed by atoms with Crippen LogP contribution < -0.4 is 4.74 Å². The normalized spacial score (nSPS) is 13.1. The van der Waals surface area contributed by atoms with Crippen molar-refractivity contribution in [2.24, 2.45) is 0 Å². The van der Waals surface area contributed by atoms with Crippen LogP contribution in [0.2, 0.25) is 0 Å². The molecule has 1 aromatic rings. The van der Waals surface area contributed by atoms with Crippen LogP contribution in [0.4, 0.5) is 0 Å². The Bertz CT molecular complexity index is 380. The number of likely N-dealkylation sites (N-methyl/N-ethyl adjacent to an activating group) is 1. The molecule has 1 atom stereocenters. The van der Waals surface area contributed by atoms with Crippen LogP contribution in [0, 0.1) is 0 Å². The van der Waals surface area contributed by atoms with Gasteiger partial charge >= 0.3 is 0 Å². The molecule has 1 rings (SSSR count). The number of ether oxygens (including phenoxy) is 1. The van der Waals surface area contributed by atoms with E-state index in [1.165, 1.54) is 0 Å². The first kappa shape index (κ1) is 15.3. The Morgan fingerprint density at radius 1 is 1.33 bits per heavy atom. The highest BCUT2D eigenvalue weighted by molar-refractivity contribution is 8.00. The Kier molecular flexibility index (Phi) is 5.99. The average molecular weight is 269 g/mol.